The molecule has 7 atom stereocenters. The number of fused-ring (bicyclic) bond motifs is 5. The third-order valence-electron chi connectivity index (χ3n) is 11.5. The van der Waals surface area contributed by atoms with Gasteiger partial charge in [0.2, 0.25) is 10.9 Å². The van der Waals surface area contributed by atoms with Crippen molar-refractivity contribution in [3.63, 3.8) is 0 Å². The van der Waals surface area contributed by atoms with Gasteiger partial charge >= 0.3 is 5.97 Å². The molecular formula is C36H44FN2O6S+. The van der Waals surface area contributed by atoms with Crippen LogP contribution in [0, 0.1) is 39.8 Å². The van der Waals surface area contributed by atoms with Gasteiger partial charge in [0.25, 0.3) is 0 Å². The van der Waals surface area contributed by atoms with Crippen molar-refractivity contribution >= 4 is 34.7 Å². The molecule has 46 heavy (non-hydrogen) atoms. The fourth-order valence-electron chi connectivity index (χ4n) is 9.35. The Hall–Kier alpha value is -3.05. The zero-order valence-corrected chi connectivity index (χ0v) is 27.5. The number of ether oxygens (including phenoxy) is 2. The van der Waals surface area contributed by atoms with E-state index in [2.05, 4.69) is 13.0 Å². The highest BCUT2D eigenvalue weighted by molar-refractivity contribution is 8.13. The number of hydrogen-bond acceptors (Lipinski definition) is 8. The van der Waals surface area contributed by atoms with Gasteiger partial charge in [-0.15, -0.1) is 0 Å². The number of benzene rings is 1. The molecule has 1 heterocycles. The summed E-state index contributed by atoms with van der Waals surface area (Å²) in [5, 5.41) is 22.3. The summed E-state index contributed by atoms with van der Waals surface area (Å²) < 4.78 is 30.4. The van der Waals surface area contributed by atoms with E-state index in [1.807, 2.05) is 12.2 Å². The predicted molar refractivity (Wildman–Crippen MR) is 173 cm³/mol. The average Bonchev–Trinajstić information content (AvgIpc) is 3.67. The van der Waals surface area contributed by atoms with Crippen molar-refractivity contribution in [3.05, 3.63) is 77.2 Å². The van der Waals surface area contributed by atoms with Gasteiger partial charge in [-0.3, -0.25) is 10.1 Å². The van der Waals surface area contributed by atoms with Crippen molar-refractivity contribution < 1.29 is 38.3 Å². The summed E-state index contributed by atoms with van der Waals surface area (Å²) in [5.74, 6) is -0.249. The molecule has 3 saturated carbocycles. The molecule has 2 unspecified atom stereocenters. The number of nitrogens with one attached hydrogen (secondary N) is 1. The largest absolute Gasteiger partial charge is 0.457 e. The number of quaternary nitrogens is 1. The number of aliphatic hydroxyl groups is 1. The minimum absolute atomic E-state index is 0.0548. The van der Waals surface area contributed by atoms with E-state index in [1.165, 1.54) is 41.9 Å². The fourth-order valence-corrected chi connectivity index (χ4v) is 10.4. The molecular weight excluding hydrogens is 607 g/mol. The molecule has 246 valence electrons. The maximum absolute atomic E-state index is 14.2. The second-order valence-corrected chi connectivity index (χ2v) is 14.9. The van der Waals surface area contributed by atoms with Crippen molar-refractivity contribution in [2.75, 3.05) is 19.5 Å². The fraction of sp³-hybridized carbons (Fsp3) is 0.528. The van der Waals surface area contributed by atoms with Crippen LogP contribution in [0.2, 0.25) is 0 Å². The Morgan fingerprint density at radius 3 is 2.70 bits per heavy atom. The van der Waals surface area contributed by atoms with E-state index in [-0.39, 0.29) is 39.9 Å². The number of methoxy groups -OCH3 is 1. The third-order valence-corrected chi connectivity index (χ3v) is 12.5. The quantitative estimate of drug-likeness (QED) is 0.125. The number of nitrogens with two attached hydrogens (primary N) is 1. The molecule has 0 spiro atoms. The smallest absolute Gasteiger partial charge is 0.375 e. The summed E-state index contributed by atoms with van der Waals surface area (Å²) in [6.45, 7) is 4.79. The lowest BCUT2D eigenvalue weighted by Gasteiger charge is -2.60. The van der Waals surface area contributed by atoms with Crippen LogP contribution in [-0.2, 0) is 14.3 Å². The van der Waals surface area contributed by atoms with Gasteiger partial charge in [-0.1, -0.05) is 31.2 Å². The third kappa shape index (κ3) is 5.51. The zero-order chi connectivity index (χ0) is 32.7. The van der Waals surface area contributed by atoms with Gasteiger partial charge in [0.15, 0.2) is 5.60 Å². The topological polar surface area (TPSA) is 126 Å². The van der Waals surface area contributed by atoms with E-state index in [0.29, 0.717) is 44.5 Å². The molecule has 0 saturated heterocycles. The Morgan fingerprint density at radius 2 is 2.00 bits per heavy atom. The number of furan rings is 1. The van der Waals surface area contributed by atoms with Crippen molar-refractivity contribution in [3.8, 4) is 0 Å². The molecule has 1 aromatic carbocycles. The first-order chi connectivity index (χ1) is 22.1. The van der Waals surface area contributed by atoms with Crippen LogP contribution in [0.1, 0.15) is 69.3 Å². The predicted octanol–water partition coefficient (Wildman–Crippen LogP) is 5.95. The summed E-state index contributed by atoms with van der Waals surface area (Å²) >= 11 is 1.19. The SMILES string of the molecule is COCCCSC(=O)[C@@]1(OC(=O)c2ccco2)CCC2[C@@H]3CCC4=CC([NH2+]c5ccc(F)cc5)=C(C=N)C[C@]4(C)C3[C@@H](O)C[C@@]21C. The Labute approximate surface area is 273 Å². The van der Waals surface area contributed by atoms with Gasteiger partial charge in [-0.2, -0.15) is 0 Å². The van der Waals surface area contributed by atoms with E-state index in [4.69, 9.17) is 19.3 Å². The number of thioether (sulfide) groups is 1. The highest BCUT2D eigenvalue weighted by Gasteiger charge is 2.70. The molecule has 4 aliphatic carbocycles. The van der Waals surface area contributed by atoms with Crippen molar-refractivity contribution in [1.82, 2.24) is 0 Å². The molecule has 10 heteroatoms. The second-order valence-electron chi connectivity index (χ2n) is 13.8. The van der Waals surface area contributed by atoms with Crippen LogP contribution in [-0.4, -0.2) is 53.6 Å². The van der Waals surface area contributed by atoms with Gasteiger partial charge in [0.05, 0.1) is 12.4 Å². The van der Waals surface area contributed by atoms with E-state index in [9.17, 15) is 19.1 Å². The van der Waals surface area contributed by atoms with Crippen LogP contribution >= 0.6 is 11.8 Å². The molecule has 6 rings (SSSR count). The van der Waals surface area contributed by atoms with Crippen LogP contribution in [0.4, 0.5) is 10.1 Å². The average molecular weight is 652 g/mol. The van der Waals surface area contributed by atoms with E-state index >= 15 is 0 Å². The summed E-state index contributed by atoms with van der Waals surface area (Å²) in [6.07, 6.45) is 8.70. The van der Waals surface area contributed by atoms with Crippen LogP contribution in [0.3, 0.4) is 0 Å². The Kier molecular flexibility index (Phi) is 9.19. The van der Waals surface area contributed by atoms with Crippen LogP contribution in [0.25, 0.3) is 0 Å². The van der Waals surface area contributed by atoms with Crippen molar-refractivity contribution in [1.29, 1.82) is 5.41 Å². The summed E-state index contributed by atoms with van der Waals surface area (Å²) in [4.78, 5) is 27.6. The Bertz CT molecular complexity index is 1540. The first-order valence-electron chi connectivity index (χ1n) is 16.2. The molecule has 4 N–H and O–H groups in total. The van der Waals surface area contributed by atoms with Crippen LogP contribution in [0.5, 0.6) is 0 Å². The minimum Gasteiger partial charge on any atom is -0.457 e. The Morgan fingerprint density at radius 1 is 1.22 bits per heavy atom. The summed E-state index contributed by atoms with van der Waals surface area (Å²) in [5.41, 5.74) is 1.42. The number of carbonyl (C=O) groups excluding carboxylic acids is 2. The van der Waals surface area contributed by atoms with Gasteiger partial charge in [-0.05, 0) is 98.5 Å². The maximum Gasteiger partial charge on any atom is 0.375 e. The number of rotatable bonds is 10. The molecule has 2 aromatic rings. The van der Waals surface area contributed by atoms with E-state index in [1.54, 1.807) is 31.4 Å². The monoisotopic (exact) mass is 651 g/mol. The molecule has 0 aliphatic heterocycles. The lowest BCUT2D eigenvalue weighted by Crippen LogP contribution is -2.76. The molecule has 0 amide bonds. The van der Waals surface area contributed by atoms with E-state index in [0.717, 1.165) is 29.8 Å². The highest BCUT2D eigenvalue weighted by atomic mass is 32.2. The number of carbonyl (C=O) groups is 2. The van der Waals surface area contributed by atoms with Gasteiger partial charge in [0, 0.05) is 48.8 Å². The normalized spacial score (nSPS) is 33.5. The highest BCUT2D eigenvalue weighted by Crippen LogP contribution is 2.69. The second kappa shape index (κ2) is 12.9. The first-order valence-corrected chi connectivity index (χ1v) is 17.2. The van der Waals surface area contributed by atoms with E-state index < -0.39 is 23.1 Å². The summed E-state index contributed by atoms with van der Waals surface area (Å²) in [6, 6.07) is 9.52. The number of esters is 1. The van der Waals surface area contributed by atoms with Gasteiger partial charge < -0.3 is 24.4 Å². The Balaban J connectivity index is 1.30. The molecule has 8 nitrogen and oxygen atoms in total. The minimum atomic E-state index is -1.40. The van der Waals surface area contributed by atoms with Crippen LogP contribution in [0.15, 0.2) is 70.0 Å². The zero-order valence-electron chi connectivity index (χ0n) is 26.7. The number of aliphatic hydroxyl groups excluding tert-OH is 1. The molecule has 0 bridgehead atoms. The van der Waals surface area contributed by atoms with Crippen LogP contribution < -0.4 is 5.32 Å². The molecule has 3 fully saturated rings. The van der Waals surface area contributed by atoms with Gasteiger partial charge in [-0.25, -0.2) is 9.18 Å². The molecule has 0 radical (unpaired) electrons. The van der Waals surface area contributed by atoms with Gasteiger partial charge in [0.1, 0.15) is 17.2 Å². The van der Waals surface area contributed by atoms with Crippen molar-refractivity contribution in [2.45, 2.75) is 70.5 Å². The summed E-state index contributed by atoms with van der Waals surface area (Å²) in [7, 11) is 1.63. The maximum atomic E-state index is 14.2. The lowest BCUT2D eigenvalue weighted by molar-refractivity contribution is -0.513. The number of allylic oxidation sites excluding steroid dienone is 3. The molecule has 1 aromatic heterocycles. The lowest BCUT2D eigenvalue weighted by atomic mass is 9.45. The standard InChI is InChI=1S/C36H43FN2O6S/c1-34-19-22(21-38)28(39-25-10-8-24(37)9-11-25)18-23(34)7-12-26-27-13-14-36(33(42)46-17-5-15-43-3,35(27,2)20-29(40)31(26)34)45-32(41)30-6-4-16-44-30/h4,6,8-11,16,18,21,26-27,29,31,38-40H,5,7,12-15,17,19-20H2,1-3H3/p+1/t26-,27?,29-,31?,34-,35-,36-/m0/s1. The molecule has 4 aliphatic rings. The van der Waals surface area contributed by atoms with Crippen molar-refractivity contribution in [2.24, 2.45) is 28.6 Å². The first kappa shape index (κ1) is 32.9. The number of hydrogen-bond donors (Lipinski definition) is 3. The number of halogens is 1.